The molecule has 0 saturated heterocycles. The maximum atomic E-state index is 9.34. The van der Waals surface area contributed by atoms with E-state index in [1.54, 1.807) is 0 Å². The Balaban J connectivity index is 1.68. The van der Waals surface area contributed by atoms with Crippen LogP contribution in [-0.2, 0) is 0 Å². The molecule has 1 saturated carbocycles. The van der Waals surface area contributed by atoms with Gasteiger partial charge in [-0.15, -0.1) is 0 Å². The van der Waals surface area contributed by atoms with Gasteiger partial charge in [-0.2, -0.15) is 0 Å². The Labute approximate surface area is 135 Å². The molecule has 1 aromatic heterocycles. The van der Waals surface area contributed by atoms with Crippen molar-refractivity contribution in [3.8, 4) is 0 Å². The van der Waals surface area contributed by atoms with E-state index >= 15 is 0 Å². The first-order valence-corrected chi connectivity index (χ1v) is 8.35. The van der Waals surface area contributed by atoms with E-state index in [-0.39, 0.29) is 18.6 Å². The summed E-state index contributed by atoms with van der Waals surface area (Å²) in [5.41, 5.74) is 7.13. The van der Waals surface area contributed by atoms with Gasteiger partial charge in [-0.05, 0) is 32.6 Å². The molecule has 1 unspecified atom stereocenters. The SMILES string of the molecule is CC1(N)NC(=NC2CCC2)c2ncn([C@H]3C=C[C@@H](CO)C3)c2N1. The van der Waals surface area contributed by atoms with Crippen molar-refractivity contribution in [3.63, 3.8) is 0 Å². The molecule has 124 valence electrons. The molecule has 0 aromatic carbocycles. The second-order valence-electron chi connectivity index (χ2n) is 6.99. The number of allylic oxidation sites excluding steroid dienone is 1. The quantitative estimate of drug-likeness (QED) is 0.622. The number of amidine groups is 1. The van der Waals surface area contributed by atoms with Gasteiger partial charge in [-0.3, -0.25) is 10.7 Å². The minimum atomic E-state index is -0.758. The van der Waals surface area contributed by atoms with Crippen LogP contribution in [0, 0.1) is 5.92 Å². The smallest absolute Gasteiger partial charge is 0.161 e. The van der Waals surface area contributed by atoms with Crippen LogP contribution in [0.5, 0.6) is 0 Å². The summed E-state index contributed by atoms with van der Waals surface area (Å²) in [7, 11) is 0. The van der Waals surface area contributed by atoms with E-state index in [1.807, 2.05) is 13.3 Å². The van der Waals surface area contributed by atoms with E-state index in [1.165, 1.54) is 6.42 Å². The highest BCUT2D eigenvalue weighted by molar-refractivity contribution is 6.03. The summed E-state index contributed by atoms with van der Waals surface area (Å²) in [6.45, 7) is 2.08. The maximum Gasteiger partial charge on any atom is 0.161 e. The normalized spacial score (nSPS) is 34.8. The van der Waals surface area contributed by atoms with Gasteiger partial charge in [0.15, 0.2) is 11.6 Å². The lowest BCUT2D eigenvalue weighted by atomic mass is 9.94. The van der Waals surface area contributed by atoms with Crippen LogP contribution in [-0.4, -0.2) is 38.9 Å². The summed E-state index contributed by atoms with van der Waals surface area (Å²) in [4.78, 5) is 9.37. The molecule has 7 nitrogen and oxygen atoms in total. The number of anilines is 1. The van der Waals surface area contributed by atoms with Crippen molar-refractivity contribution >= 4 is 11.7 Å². The number of hydrogen-bond donors (Lipinski definition) is 4. The average Bonchev–Trinajstić information content (AvgIpc) is 3.07. The topological polar surface area (TPSA) is 100 Å². The Morgan fingerprint density at radius 1 is 1.43 bits per heavy atom. The average molecular weight is 316 g/mol. The highest BCUT2D eigenvalue weighted by Gasteiger charge is 2.35. The van der Waals surface area contributed by atoms with Crippen molar-refractivity contribution in [3.05, 3.63) is 24.2 Å². The number of hydrogen-bond acceptors (Lipinski definition) is 5. The van der Waals surface area contributed by atoms with Crippen LogP contribution in [0.2, 0.25) is 0 Å². The zero-order valence-electron chi connectivity index (χ0n) is 13.4. The molecule has 7 heteroatoms. The lowest BCUT2D eigenvalue weighted by molar-refractivity contribution is 0.244. The summed E-state index contributed by atoms with van der Waals surface area (Å²) >= 11 is 0. The molecule has 0 spiro atoms. The standard InChI is InChI=1S/C16H24N6O/c1-16(17)20-14(19-11-3-2-4-11)13-15(21-16)22(9-18-13)12-6-5-10(7-12)8-23/h5-6,9-12,21,23H,2-4,7-8,17H2,1H3,(H,19,20)/t10-,12+,16?/m1/s1. The van der Waals surface area contributed by atoms with Crippen LogP contribution in [0.3, 0.4) is 0 Å². The van der Waals surface area contributed by atoms with E-state index in [0.29, 0.717) is 6.04 Å². The number of nitrogens with zero attached hydrogens (tertiary/aromatic N) is 3. The number of rotatable bonds is 3. The van der Waals surface area contributed by atoms with E-state index in [4.69, 9.17) is 10.7 Å². The number of aliphatic imine (C=N–C) groups is 1. The van der Waals surface area contributed by atoms with Crippen LogP contribution in [0.25, 0.3) is 0 Å². The fourth-order valence-corrected chi connectivity index (χ4v) is 3.38. The Kier molecular flexibility index (Phi) is 3.42. The summed E-state index contributed by atoms with van der Waals surface area (Å²) in [6.07, 6.45) is 10.4. The number of nitrogens with one attached hydrogen (secondary N) is 2. The van der Waals surface area contributed by atoms with Gasteiger partial charge in [0.25, 0.3) is 0 Å². The zero-order chi connectivity index (χ0) is 16.0. The third kappa shape index (κ3) is 2.64. The molecule has 2 aliphatic carbocycles. The van der Waals surface area contributed by atoms with Gasteiger partial charge in [0, 0.05) is 12.5 Å². The Hall–Kier alpha value is -1.86. The molecule has 0 amide bonds. The van der Waals surface area contributed by atoms with Crippen LogP contribution < -0.4 is 16.4 Å². The van der Waals surface area contributed by atoms with Gasteiger partial charge in [-0.25, -0.2) is 4.98 Å². The van der Waals surface area contributed by atoms with Crippen LogP contribution in [0.15, 0.2) is 23.5 Å². The number of imidazole rings is 1. The van der Waals surface area contributed by atoms with Crippen molar-refractivity contribution in [2.24, 2.45) is 16.6 Å². The second kappa shape index (κ2) is 5.35. The van der Waals surface area contributed by atoms with Gasteiger partial charge >= 0.3 is 0 Å². The number of nitrogens with two attached hydrogens (primary N) is 1. The van der Waals surface area contributed by atoms with Crippen LogP contribution in [0.4, 0.5) is 5.82 Å². The Bertz CT molecular complexity index is 658. The van der Waals surface area contributed by atoms with Crippen molar-refractivity contribution < 1.29 is 5.11 Å². The van der Waals surface area contributed by atoms with Crippen molar-refractivity contribution in [2.75, 3.05) is 11.9 Å². The van der Waals surface area contributed by atoms with Gasteiger partial charge in [0.2, 0.25) is 0 Å². The van der Waals surface area contributed by atoms with Crippen LogP contribution in [0.1, 0.15) is 44.3 Å². The van der Waals surface area contributed by atoms with Gasteiger partial charge in [0.1, 0.15) is 11.5 Å². The lowest BCUT2D eigenvalue weighted by Crippen LogP contribution is -2.62. The summed E-state index contributed by atoms with van der Waals surface area (Å²) in [6, 6.07) is 0.573. The highest BCUT2D eigenvalue weighted by atomic mass is 16.3. The first kappa shape index (κ1) is 14.7. The van der Waals surface area contributed by atoms with Crippen molar-refractivity contribution in [1.29, 1.82) is 0 Å². The molecule has 1 aliphatic heterocycles. The first-order valence-electron chi connectivity index (χ1n) is 8.35. The highest BCUT2D eigenvalue weighted by Crippen LogP contribution is 2.33. The number of aliphatic hydroxyl groups excluding tert-OH is 1. The van der Waals surface area contributed by atoms with Crippen LogP contribution >= 0.6 is 0 Å². The van der Waals surface area contributed by atoms with Gasteiger partial charge in [0.05, 0.1) is 18.4 Å². The third-order valence-corrected chi connectivity index (χ3v) is 4.90. The predicted octanol–water partition coefficient (Wildman–Crippen LogP) is 0.939. The number of aliphatic hydroxyl groups is 1. The van der Waals surface area contributed by atoms with E-state index in [2.05, 4.69) is 32.3 Å². The first-order chi connectivity index (χ1) is 11.1. The van der Waals surface area contributed by atoms with Crippen molar-refractivity contribution in [2.45, 2.75) is 50.5 Å². The molecule has 0 radical (unpaired) electrons. The van der Waals surface area contributed by atoms with Gasteiger partial charge < -0.3 is 20.3 Å². The molecule has 23 heavy (non-hydrogen) atoms. The second-order valence-corrected chi connectivity index (χ2v) is 6.99. The molecule has 1 aromatic rings. The van der Waals surface area contributed by atoms with E-state index < -0.39 is 5.79 Å². The predicted molar refractivity (Wildman–Crippen MR) is 89.1 cm³/mol. The van der Waals surface area contributed by atoms with E-state index in [0.717, 1.165) is 36.6 Å². The molecule has 0 bridgehead atoms. The molecular formula is C16H24N6O. The van der Waals surface area contributed by atoms with E-state index in [9.17, 15) is 5.11 Å². The number of fused-ring (bicyclic) bond motifs is 1. The molecule has 1 fully saturated rings. The third-order valence-electron chi connectivity index (χ3n) is 4.90. The summed E-state index contributed by atoms with van der Waals surface area (Å²) in [5.74, 6) is 1.14. The molecule has 3 aliphatic rings. The minimum Gasteiger partial charge on any atom is -0.396 e. The molecule has 3 atom stereocenters. The minimum absolute atomic E-state index is 0.182. The van der Waals surface area contributed by atoms with Crippen molar-refractivity contribution in [1.82, 2.24) is 14.9 Å². The Morgan fingerprint density at radius 3 is 2.91 bits per heavy atom. The summed E-state index contributed by atoms with van der Waals surface area (Å²) < 4.78 is 2.10. The maximum absolute atomic E-state index is 9.34. The molecule has 2 heterocycles. The lowest BCUT2D eigenvalue weighted by Gasteiger charge is -2.36. The monoisotopic (exact) mass is 316 g/mol. The summed E-state index contributed by atoms with van der Waals surface area (Å²) in [5, 5.41) is 15.9. The molecule has 4 rings (SSSR count). The largest absolute Gasteiger partial charge is 0.396 e. The fourth-order valence-electron chi connectivity index (χ4n) is 3.38. The molecule has 5 N–H and O–H groups in total. The fraction of sp³-hybridized carbons (Fsp3) is 0.625. The molecular weight excluding hydrogens is 292 g/mol. The Morgan fingerprint density at radius 2 is 2.26 bits per heavy atom. The van der Waals surface area contributed by atoms with Gasteiger partial charge in [-0.1, -0.05) is 12.2 Å². The number of aromatic nitrogens is 2. The zero-order valence-corrected chi connectivity index (χ0v) is 13.4.